The molecule has 3 aromatic heterocycles. The number of rotatable bonds is 5. The summed E-state index contributed by atoms with van der Waals surface area (Å²) in [5.74, 6) is 0.762. The lowest BCUT2D eigenvalue weighted by Gasteiger charge is -2.23. The Morgan fingerprint density at radius 3 is 2.31 bits per heavy atom. The van der Waals surface area contributed by atoms with Gasteiger partial charge < -0.3 is 4.42 Å². The van der Waals surface area contributed by atoms with Gasteiger partial charge >= 0.3 is 0 Å². The Morgan fingerprint density at radius 2 is 1.56 bits per heavy atom. The van der Waals surface area contributed by atoms with Gasteiger partial charge in [-0.3, -0.25) is 5.01 Å². The summed E-state index contributed by atoms with van der Waals surface area (Å²) in [6, 6.07) is 34.9. The lowest BCUT2D eigenvalue weighted by Crippen LogP contribution is -2.18. The Morgan fingerprint density at radius 1 is 0.806 bits per heavy atom. The van der Waals surface area contributed by atoms with Crippen LogP contribution in [0.5, 0.6) is 0 Å². The number of fused-ring (bicyclic) bond motifs is 1. The summed E-state index contributed by atoms with van der Waals surface area (Å²) < 4.78 is 8.26. The highest BCUT2D eigenvalue weighted by Gasteiger charge is 2.34. The normalized spacial score (nSPS) is 15.5. The standard InChI is InChI=1S/C30H22N4OS/c1-3-11-22(12-4-1)33-20-24(30(32-33)28-18-21-10-7-8-15-27(21)35-28)26-19-25(29-16-9-17-36-29)31-34(26)23-13-5-2-6-14-23/h1-18,20,26H,19H2/t26-/m0/s1. The van der Waals surface area contributed by atoms with Gasteiger partial charge in [-0.1, -0.05) is 60.7 Å². The van der Waals surface area contributed by atoms with Crippen molar-refractivity contribution in [3.05, 3.63) is 125 Å². The van der Waals surface area contributed by atoms with Gasteiger partial charge in [-0.15, -0.1) is 11.3 Å². The van der Waals surface area contributed by atoms with Crippen LogP contribution in [-0.4, -0.2) is 15.5 Å². The van der Waals surface area contributed by atoms with Crippen molar-refractivity contribution >= 4 is 33.7 Å². The molecule has 174 valence electrons. The van der Waals surface area contributed by atoms with Gasteiger partial charge in [0.25, 0.3) is 0 Å². The number of furan rings is 1. The molecule has 7 rings (SSSR count). The van der Waals surface area contributed by atoms with Gasteiger partial charge in [-0.05, 0) is 47.8 Å². The van der Waals surface area contributed by atoms with Gasteiger partial charge in [0.05, 0.1) is 28.0 Å². The highest BCUT2D eigenvalue weighted by molar-refractivity contribution is 7.12. The average Bonchev–Trinajstić information content (AvgIpc) is 3.73. The summed E-state index contributed by atoms with van der Waals surface area (Å²) >= 11 is 1.72. The van der Waals surface area contributed by atoms with E-state index in [-0.39, 0.29) is 6.04 Å². The van der Waals surface area contributed by atoms with Crippen LogP contribution in [0.1, 0.15) is 22.9 Å². The van der Waals surface area contributed by atoms with Crippen LogP contribution in [0.2, 0.25) is 0 Å². The zero-order valence-electron chi connectivity index (χ0n) is 19.4. The zero-order chi connectivity index (χ0) is 23.9. The van der Waals surface area contributed by atoms with Crippen molar-refractivity contribution in [2.45, 2.75) is 12.5 Å². The molecule has 0 radical (unpaired) electrons. The molecule has 1 aliphatic rings. The zero-order valence-corrected chi connectivity index (χ0v) is 20.2. The van der Waals surface area contributed by atoms with Crippen molar-refractivity contribution in [1.82, 2.24) is 9.78 Å². The Hall–Kier alpha value is -4.42. The first-order valence-corrected chi connectivity index (χ1v) is 12.8. The molecule has 6 aromatic rings. The van der Waals surface area contributed by atoms with Crippen LogP contribution in [0, 0.1) is 0 Å². The first-order valence-electron chi connectivity index (χ1n) is 11.9. The van der Waals surface area contributed by atoms with Crippen LogP contribution in [0.15, 0.2) is 124 Å². The van der Waals surface area contributed by atoms with E-state index in [1.165, 1.54) is 4.88 Å². The number of anilines is 1. The fraction of sp³-hybridized carbons (Fsp3) is 0.0667. The molecule has 0 saturated heterocycles. The van der Waals surface area contributed by atoms with Gasteiger partial charge in [0, 0.05) is 23.6 Å². The number of para-hydroxylation sites is 3. The van der Waals surface area contributed by atoms with Gasteiger partial charge in [0.1, 0.15) is 11.3 Å². The highest BCUT2D eigenvalue weighted by Crippen LogP contribution is 2.42. The molecule has 0 spiro atoms. The minimum Gasteiger partial charge on any atom is -0.454 e. The van der Waals surface area contributed by atoms with Crippen LogP contribution >= 0.6 is 11.3 Å². The molecule has 0 saturated carbocycles. The maximum absolute atomic E-state index is 6.31. The third kappa shape index (κ3) is 3.63. The lowest BCUT2D eigenvalue weighted by molar-refractivity contribution is 0.623. The SMILES string of the molecule is c1ccc(N2N=C(c3cccs3)C[C@H]2c2cn(-c3ccccc3)nc2-c2cc3ccccc3o2)cc1. The molecule has 1 aliphatic heterocycles. The molecule has 36 heavy (non-hydrogen) atoms. The van der Waals surface area contributed by atoms with E-state index >= 15 is 0 Å². The highest BCUT2D eigenvalue weighted by atomic mass is 32.1. The second-order valence-corrected chi connectivity index (χ2v) is 9.73. The molecule has 0 amide bonds. The molecule has 3 aromatic carbocycles. The summed E-state index contributed by atoms with van der Waals surface area (Å²) in [6.45, 7) is 0. The van der Waals surface area contributed by atoms with E-state index in [9.17, 15) is 0 Å². The smallest absolute Gasteiger partial charge is 0.156 e. The van der Waals surface area contributed by atoms with E-state index < -0.39 is 0 Å². The Balaban J connectivity index is 1.40. The van der Waals surface area contributed by atoms with E-state index in [1.807, 2.05) is 47.1 Å². The summed E-state index contributed by atoms with van der Waals surface area (Å²) in [7, 11) is 0. The van der Waals surface area contributed by atoms with Gasteiger partial charge in [0.15, 0.2) is 5.76 Å². The molecule has 6 heteroatoms. The van der Waals surface area contributed by atoms with Crippen molar-refractivity contribution in [1.29, 1.82) is 0 Å². The van der Waals surface area contributed by atoms with Crippen LogP contribution in [0.25, 0.3) is 28.1 Å². The number of benzene rings is 3. The van der Waals surface area contributed by atoms with Gasteiger partial charge in [-0.2, -0.15) is 10.2 Å². The number of hydrogen-bond acceptors (Lipinski definition) is 5. The van der Waals surface area contributed by atoms with Crippen LogP contribution in [-0.2, 0) is 0 Å². The number of nitrogens with zero attached hydrogens (tertiary/aromatic N) is 4. The quantitative estimate of drug-likeness (QED) is 0.251. The first kappa shape index (κ1) is 20.9. The van der Waals surface area contributed by atoms with Crippen molar-refractivity contribution in [3.63, 3.8) is 0 Å². The average molecular weight is 487 g/mol. The number of hydrogen-bond donors (Lipinski definition) is 0. The number of aromatic nitrogens is 2. The van der Waals surface area contributed by atoms with E-state index in [2.05, 4.69) is 77.2 Å². The van der Waals surface area contributed by atoms with Crippen molar-refractivity contribution in [3.8, 4) is 17.1 Å². The fourth-order valence-corrected chi connectivity index (χ4v) is 5.52. The van der Waals surface area contributed by atoms with Crippen molar-refractivity contribution in [2.75, 3.05) is 5.01 Å². The Kier molecular flexibility index (Phi) is 5.03. The molecule has 0 bridgehead atoms. The lowest BCUT2D eigenvalue weighted by atomic mass is 10.00. The third-order valence-corrected chi connectivity index (χ3v) is 7.44. The summed E-state index contributed by atoms with van der Waals surface area (Å²) in [5.41, 5.74) is 5.92. The van der Waals surface area contributed by atoms with Crippen LogP contribution in [0.3, 0.4) is 0 Å². The molecule has 5 nitrogen and oxygen atoms in total. The topological polar surface area (TPSA) is 46.6 Å². The van der Waals surface area contributed by atoms with E-state index in [1.54, 1.807) is 11.3 Å². The van der Waals surface area contributed by atoms with Crippen molar-refractivity contribution < 1.29 is 4.42 Å². The minimum absolute atomic E-state index is 0.0230. The maximum atomic E-state index is 6.31. The molecule has 0 aliphatic carbocycles. The second kappa shape index (κ2) is 8.66. The maximum Gasteiger partial charge on any atom is 0.156 e. The minimum atomic E-state index is -0.0230. The van der Waals surface area contributed by atoms with E-state index in [4.69, 9.17) is 14.6 Å². The van der Waals surface area contributed by atoms with Gasteiger partial charge in [-0.25, -0.2) is 4.68 Å². The molecular formula is C30H22N4OS. The fourth-order valence-electron chi connectivity index (χ4n) is 4.80. The second-order valence-electron chi connectivity index (χ2n) is 8.79. The molecule has 0 fully saturated rings. The predicted octanol–water partition coefficient (Wildman–Crippen LogP) is 7.70. The predicted molar refractivity (Wildman–Crippen MR) is 146 cm³/mol. The Labute approximate surface area is 212 Å². The molecule has 4 heterocycles. The van der Waals surface area contributed by atoms with Crippen LogP contribution < -0.4 is 5.01 Å². The molecule has 1 atom stereocenters. The van der Waals surface area contributed by atoms with E-state index in [0.717, 1.165) is 51.5 Å². The number of hydrazone groups is 1. The van der Waals surface area contributed by atoms with Crippen molar-refractivity contribution in [2.24, 2.45) is 5.10 Å². The Bertz CT molecular complexity index is 1630. The monoisotopic (exact) mass is 486 g/mol. The number of thiophene rings is 1. The van der Waals surface area contributed by atoms with Gasteiger partial charge in [0.2, 0.25) is 0 Å². The van der Waals surface area contributed by atoms with Crippen LogP contribution in [0.4, 0.5) is 5.69 Å². The molecular weight excluding hydrogens is 464 g/mol. The summed E-state index contributed by atoms with van der Waals surface area (Å²) in [5, 5.41) is 15.5. The summed E-state index contributed by atoms with van der Waals surface area (Å²) in [6.07, 6.45) is 2.91. The molecule has 0 N–H and O–H groups in total. The first-order chi connectivity index (χ1) is 17.8. The third-order valence-electron chi connectivity index (χ3n) is 6.52. The van der Waals surface area contributed by atoms with E-state index in [0.29, 0.717) is 0 Å². The molecule has 0 unspecified atom stereocenters. The largest absolute Gasteiger partial charge is 0.454 e. The summed E-state index contributed by atoms with van der Waals surface area (Å²) in [4.78, 5) is 1.19.